The van der Waals surface area contributed by atoms with E-state index in [1.165, 1.54) is 5.56 Å². The average Bonchev–Trinajstić information content (AvgIpc) is 2.52. The van der Waals surface area contributed by atoms with Gasteiger partial charge < -0.3 is 15.8 Å². The first-order chi connectivity index (χ1) is 10.1. The Bertz CT molecular complexity index is 611. The van der Waals surface area contributed by atoms with Crippen molar-refractivity contribution in [2.24, 2.45) is 0 Å². The molecule has 0 aromatic heterocycles. The van der Waals surface area contributed by atoms with Gasteiger partial charge in [-0.2, -0.15) is 0 Å². The molecule has 0 fully saturated rings. The molecule has 0 radical (unpaired) electrons. The van der Waals surface area contributed by atoms with Gasteiger partial charge in [0.15, 0.2) is 0 Å². The molecule has 2 aromatic carbocycles. The van der Waals surface area contributed by atoms with Crippen LogP contribution in [0.15, 0.2) is 48.5 Å². The average molecular weight is 284 g/mol. The van der Waals surface area contributed by atoms with E-state index in [1.54, 1.807) is 25.3 Å². The topological polar surface area (TPSA) is 64.3 Å². The van der Waals surface area contributed by atoms with Gasteiger partial charge in [0.25, 0.3) is 5.91 Å². The standard InChI is InChI=1S/C17H20N2O2/c1-12(13-6-4-3-5-7-13)11-19-17(20)14-8-15(18)10-16(9-14)21-2/h3-10,12H,11,18H2,1-2H3,(H,19,20). The number of nitrogens with two attached hydrogens (primary N) is 1. The summed E-state index contributed by atoms with van der Waals surface area (Å²) in [4.78, 5) is 12.2. The number of rotatable bonds is 5. The summed E-state index contributed by atoms with van der Waals surface area (Å²) < 4.78 is 5.12. The van der Waals surface area contributed by atoms with Gasteiger partial charge in [0.1, 0.15) is 5.75 Å². The maximum Gasteiger partial charge on any atom is 0.251 e. The van der Waals surface area contributed by atoms with Gasteiger partial charge in [0.2, 0.25) is 0 Å². The van der Waals surface area contributed by atoms with Crippen molar-refractivity contribution in [2.75, 3.05) is 19.4 Å². The largest absolute Gasteiger partial charge is 0.497 e. The van der Waals surface area contributed by atoms with Crippen molar-refractivity contribution < 1.29 is 9.53 Å². The van der Waals surface area contributed by atoms with Crippen LogP contribution >= 0.6 is 0 Å². The fraction of sp³-hybridized carbons (Fsp3) is 0.235. The number of hydrogen-bond acceptors (Lipinski definition) is 3. The number of carbonyl (C=O) groups excluding carboxylic acids is 1. The van der Waals surface area contributed by atoms with E-state index in [4.69, 9.17) is 10.5 Å². The third-order valence-corrected chi connectivity index (χ3v) is 3.36. The van der Waals surface area contributed by atoms with Crippen LogP contribution < -0.4 is 15.8 Å². The molecule has 1 amide bonds. The van der Waals surface area contributed by atoms with Crippen LogP contribution in [0.25, 0.3) is 0 Å². The van der Waals surface area contributed by atoms with Crippen LogP contribution in [-0.2, 0) is 0 Å². The van der Waals surface area contributed by atoms with Crippen LogP contribution in [0.3, 0.4) is 0 Å². The molecule has 2 rings (SSSR count). The predicted octanol–water partition coefficient (Wildman–Crippen LogP) is 2.81. The van der Waals surface area contributed by atoms with Crippen molar-refractivity contribution in [3.8, 4) is 5.75 Å². The minimum Gasteiger partial charge on any atom is -0.497 e. The Balaban J connectivity index is 2.00. The summed E-state index contributed by atoms with van der Waals surface area (Å²) in [5.74, 6) is 0.678. The minimum atomic E-state index is -0.150. The third kappa shape index (κ3) is 3.99. The molecule has 4 heteroatoms. The predicted molar refractivity (Wildman–Crippen MR) is 84.6 cm³/mol. The number of amides is 1. The first-order valence-electron chi connectivity index (χ1n) is 6.88. The molecule has 2 aromatic rings. The molecule has 0 bridgehead atoms. The highest BCUT2D eigenvalue weighted by atomic mass is 16.5. The number of carbonyl (C=O) groups is 1. The summed E-state index contributed by atoms with van der Waals surface area (Å²) in [6.45, 7) is 2.65. The molecular formula is C17H20N2O2. The van der Waals surface area contributed by atoms with Gasteiger partial charge in [-0.1, -0.05) is 37.3 Å². The Kier molecular flexibility index (Phi) is 4.82. The maximum absolute atomic E-state index is 12.2. The van der Waals surface area contributed by atoms with E-state index in [1.807, 2.05) is 18.2 Å². The molecule has 0 saturated heterocycles. The van der Waals surface area contributed by atoms with Crippen LogP contribution in [0.5, 0.6) is 5.75 Å². The summed E-state index contributed by atoms with van der Waals surface area (Å²) in [6, 6.07) is 15.1. The minimum absolute atomic E-state index is 0.150. The Labute approximate surface area is 124 Å². The highest BCUT2D eigenvalue weighted by molar-refractivity contribution is 5.95. The van der Waals surface area contributed by atoms with Crippen molar-refractivity contribution in [3.05, 3.63) is 59.7 Å². The lowest BCUT2D eigenvalue weighted by Gasteiger charge is -2.13. The Morgan fingerprint density at radius 2 is 1.95 bits per heavy atom. The third-order valence-electron chi connectivity index (χ3n) is 3.36. The number of benzene rings is 2. The monoisotopic (exact) mass is 284 g/mol. The van der Waals surface area contributed by atoms with Gasteiger partial charge in [-0.05, 0) is 23.6 Å². The number of hydrogen-bond donors (Lipinski definition) is 2. The van der Waals surface area contributed by atoms with Crippen molar-refractivity contribution in [2.45, 2.75) is 12.8 Å². The van der Waals surface area contributed by atoms with E-state index in [0.29, 0.717) is 23.5 Å². The van der Waals surface area contributed by atoms with Gasteiger partial charge in [0.05, 0.1) is 7.11 Å². The summed E-state index contributed by atoms with van der Waals surface area (Å²) in [6.07, 6.45) is 0. The molecule has 1 atom stereocenters. The van der Waals surface area contributed by atoms with E-state index in [-0.39, 0.29) is 11.8 Å². The Hall–Kier alpha value is -2.49. The normalized spacial score (nSPS) is 11.7. The lowest BCUT2D eigenvalue weighted by molar-refractivity contribution is 0.0951. The van der Waals surface area contributed by atoms with Crippen LogP contribution in [0.1, 0.15) is 28.8 Å². The molecule has 0 aliphatic heterocycles. The number of nitrogen functional groups attached to an aromatic ring is 1. The fourth-order valence-corrected chi connectivity index (χ4v) is 2.12. The van der Waals surface area contributed by atoms with Crippen LogP contribution in [-0.4, -0.2) is 19.6 Å². The molecule has 4 nitrogen and oxygen atoms in total. The Morgan fingerprint density at radius 3 is 2.62 bits per heavy atom. The lowest BCUT2D eigenvalue weighted by atomic mass is 10.0. The first kappa shape index (κ1) is 14.9. The molecule has 0 spiro atoms. The van der Waals surface area contributed by atoms with E-state index < -0.39 is 0 Å². The number of ether oxygens (including phenoxy) is 1. The highest BCUT2D eigenvalue weighted by Crippen LogP contribution is 2.19. The van der Waals surface area contributed by atoms with Crippen LogP contribution in [0.2, 0.25) is 0 Å². The summed E-state index contributed by atoms with van der Waals surface area (Å²) in [5.41, 5.74) is 7.97. The number of nitrogens with one attached hydrogen (secondary N) is 1. The highest BCUT2D eigenvalue weighted by Gasteiger charge is 2.11. The summed E-state index contributed by atoms with van der Waals surface area (Å²) in [5, 5.41) is 2.93. The second-order valence-corrected chi connectivity index (χ2v) is 5.02. The van der Waals surface area contributed by atoms with Crippen molar-refractivity contribution in [1.82, 2.24) is 5.32 Å². The second kappa shape index (κ2) is 6.79. The molecule has 0 aliphatic rings. The molecule has 110 valence electrons. The summed E-state index contributed by atoms with van der Waals surface area (Å²) in [7, 11) is 1.55. The molecular weight excluding hydrogens is 264 g/mol. The Morgan fingerprint density at radius 1 is 1.24 bits per heavy atom. The van der Waals surface area contributed by atoms with Gasteiger partial charge in [-0.25, -0.2) is 0 Å². The van der Waals surface area contributed by atoms with Crippen molar-refractivity contribution >= 4 is 11.6 Å². The smallest absolute Gasteiger partial charge is 0.251 e. The zero-order valence-corrected chi connectivity index (χ0v) is 12.3. The zero-order chi connectivity index (χ0) is 15.2. The first-order valence-corrected chi connectivity index (χ1v) is 6.88. The zero-order valence-electron chi connectivity index (χ0n) is 12.3. The van der Waals surface area contributed by atoms with Crippen LogP contribution in [0, 0.1) is 0 Å². The van der Waals surface area contributed by atoms with Crippen molar-refractivity contribution in [1.29, 1.82) is 0 Å². The SMILES string of the molecule is COc1cc(N)cc(C(=O)NCC(C)c2ccccc2)c1. The van der Waals surface area contributed by atoms with Crippen molar-refractivity contribution in [3.63, 3.8) is 0 Å². The van der Waals surface area contributed by atoms with Gasteiger partial charge in [0, 0.05) is 23.9 Å². The number of anilines is 1. The number of methoxy groups -OCH3 is 1. The molecule has 0 saturated carbocycles. The van der Waals surface area contributed by atoms with Crippen LogP contribution in [0.4, 0.5) is 5.69 Å². The maximum atomic E-state index is 12.2. The van der Waals surface area contributed by atoms with E-state index in [2.05, 4.69) is 24.4 Å². The van der Waals surface area contributed by atoms with Gasteiger partial charge >= 0.3 is 0 Å². The second-order valence-electron chi connectivity index (χ2n) is 5.02. The molecule has 0 heterocycles. The molecule has 0 aliphatic carbocycles. The molecule has 3 N–H and O–H groups in total. The fourth-order valence-electron chi connectivity index (χ4n) is 2.12. The molecule has 1 unspecified atom stereocenters. The summed E-state index contributed by atoms with van der Waals surface area (Å²) >= 11 is 0. The van der Waals surface area contributed by atoms with Gasteiger partial charge in [-0.3, -0.25) is 4.79 Å². The van der Waals surface area contributed by atoms with E-state index in [0.717, 1.165) is 0 Å². The van der Waals surface area contributed by atoms with E-state index in [9.17, 15) is 4.79 Å². The quantitative estimate of drug-likeness (QED) is 0.830. The lowest BCUT2D eigenvalue weighted by Crippen LogP contribution is -2.27. The van der Waals surface area contributed by atoms with Gasteiger partial charge in [-0.15, -0.1) is 0 Å². The molecule has 21 heavy (non-hydrogen) atoms. The van der Waals surface area contributed by atoms with E-state index >= 15 is 0 Å².